The Morgan fingerprint density at radius 3 is 1.23 bits per heavy atom. The second-order valence-electron chi connectivity index (χ2n) is 22.8. The first-order valence-electron chi connectivity index (χ1n) is 21.8. The van der Waals surface area contributed by atoms with Gasteiger partial charge in [0.25, 0.3) is 6.71 Å². The Morgan fingerprint density at radius 1 is 0.386 bits per heavy atom. The molecule has 2 heterocycles. The van der Waals surface area contributed by atoms with Crippen molar-refractivity contribution in [2.24, 2.45) is 0 Å². The molecule has 0 saturated heterocycles. The highest BCUT2D eigenvalue weighted by molar-refractivity contribution is 7.00. The monoisotopic (exact) mass is 755 g/mol. The van der Waals surface area contributed by atoms with E-state index in [2.05, 4.69) is 199 Å². The first kappa shape index (κ1) is 39.6. The van der Waals surface area contributed by atoms with Gasteiger partial charge in [-0.05, 0) is 157 Å². The quantitative estimate of drug-likeness (QED) is 0.162. The molecule has 0 unspecified atom stereocenters. The van der Waals surface area contributed by atoms with Gasteiger partial charge >= 0.3 is 0 Å². The second-order valence-corrected chi connectivity index (χ2v) is 22.8. The molecule has 2 aliphatic heterocycles. The molecule has 0 saturated carbocycles. The summed E-state index contributed by atoms with van der Waals surface area (Å²) in [6.45, 7) is 35.5. The van der Waals surface area contributed by atoms with Crippen LogP contribution in [0.15, 0.2) is 84.9 Å². The smallest absolute Gasteiger partial charge is 0.252 e. The van der Waals surface area contributed by atoms with Crippen molar-refractivity contribution >= 4 is 57.2 Å². The Morgan fingerprint density at radius 2 is 0.789 bits per heavy atom. The highest BCUT2D eigenvalue weighted by Crippen LogP contribution is 2.48. The van der Waals surface area contributed by atoms with Crippen molar-refractivity contribution in [1.29, 1.82) is 0 Å². The Labute approximate surface area is 346 Å². The zero-order chi connectivity index (χ0) is 41.2. The van der Waals surface area contributed by atoms with Gasteiger partial charge in [0.1, 0.15) is 0 Å². The van der Waals surface area contributed by atoms with Crippen LogP contribution in [0.3, 0.4) is 0 Å². The summed E-state index contributed by atoms with van der Waals surface area (Å²) < 4.78 is 0. The maximum atomic E-state index is 2.66. The molecule has 57 heavy (non-hydrogen) atoms. The molecule has 8 rings (SSSR count). The third kappa shape index (κ3) is 6.96. The van der Waals surface area contributed by atoms with Crippen molar-refractivity contribution in [2.45, 2.75) is 157 Å². The number of benzene rings is 5. The van der Waals surface area contributed by atoms with E-state index in [0.717, 1.165) is 12.8 Å². The molecule has 296 valence electrons. The van der Waals surface area contributed by atoms with E-state index >= 15 is 0 Å². The van der Waals surface area contributed by atoms with E-state index in [1.807, 2.05) is 0 Å². The molecule has 5 aromatic rings. The maximum Gasteiger partial charge on any atom is 0.252 e. The molecule has 0 bridgehead atoms. The third-order valence-electron chi connectivity index (χ3n) is 13.1. The molecule has 0 radical (unpaired) electrons. The summed E-state index contributed by atoms with van der Waals surface area (Å²) in [6, 6.07) is 34.6. The lowest BCUT2D eigenvalue weighted by atomic mass is 9.33. The highest BCUT2D eigenvalue weighted by Gasteiger charge is 2.44. The SMILES string of the molecule is CC(C)(C)c1cc(N2c3ccc(C(C)(C)C)cc3B3c4cc5c(cc4N(c4cc(C(C)(C)C)cc(C(C)(C)C)c4)c4cccc2c43)CCCC5)cc(C(C)(C)C)c1. The zero-order valence-electron chi connectivity index (χ0n) is 37.9. The molecule has 0 atom stereocenters. The summed E-state index contributed by atoms with van der Waals surface area (Å²) >= 11 is 0. The fourth-order valence-electron chi connectivity index (χ4n) is 9.41. The zero-order valence-corrected chi connectivity index (χ0v) is 37.9. The lowest BCUT2D eigenvalue weighted by Gasteiger charge is -2.45. The number of anilines is 6. The van der Waals surface area contributed by atoms with Crippen molar-refractivity contribution < 1.29 is 0 Å². The van der Waals surface area contributed by atoms with Crippen molar-refractivity contribution in [3.63, 3.8) is 0 Å². The largest absolute Gasteiger partial charge is 0.311 e. The van der Waals surface area contributed by atoms with E-state index in [0.29, 0.717) is 0 Å². The van der Waals surface area contributed by atoms with Crippen molar-refractivity contribution in [3.8, 4) is 0 Å². The van der Waals surface area contributed by atoms with Gasteiger partial charge in [-0.25, -0.2) is 0 Å². The van der Waals surface area contributed by atoms with Crippen LogP contribution in [-0.4, -0.2) is 6.71 Å². The summed E-state index contributed by atoms with van der Waals surface area (Å²) in [4.78, 5) is 5.28. The highest BCUT2D eigenvalue weighted by atomic mass is 15.2. The van der Waals surface area contributed by atoms with Crippen LogP contribution in [0, 0.1) is 0 Å². The molecule has 1 aliphatic carbocycles. The summed E-state index contributed by atoms with van der Waals surface area (Å²) in [5, 5.41) is 0. The van der Waals surface area contributed by atoms with E-state index < -0.39 is 0 Å². The number of rotatable bonds is 2. The molecule has 2 nitrogen and oxygen atoms in total. The standard InChI is InChI=1S/C54H67BN2/c1-50(2,3)36-23-24-45-44(33-36)55-43-25-34-19-16-17-20-35(34)26-48(43)57(42-31-39(53(10,11)12)28-40(32-42)54(13,14)15)47-22-18-21-46(49(47)55)56(45)41-29-37(51(4,5)6)27-38(30-41)52(7,8)9/h18,21-33H,16-17,19-20H2,1-15H3. The summed E-state index contributed by atoms with van der Waals surface area (Å²) in [7, 11) is 0. The fraction of sp³-hybridized carbons (Fsp3) is 0.444. The minimum Gasteiger partial charge on any atom is -0.311 e. The minimum atomic E-state index is 0.00103. The van der Waals surface area contributed by atoms with Gasteiger partial charge in [-0.3, -0.25) is 0 Å². The van der Waals surface area contributed by atoms with E-state index in [4.69, 9.17) is 0 Å². The normalized spacial score (nSPS) is 15.6. The molecule has 3 aliphatic rings. The topological polar surface area (TPSA) is 6.48 Å². The molecular formula is C54H67BN2. The lowest BCUT2D eigenvalue weighted by Crippen LogP contribution is -2.61. The van der Waals surface area contributed by atoms with Crippen LogP contribution in [0.2, 0.25) is 0 Å². The van der Waals surface area contributed by atoms with Gasteiger partial charge in [0.2, 0.25) is 0 Å². The summed E-state index contributed by atoms with van der Waals surface area (Å²) in [6.07, 6.45) is 4.85. The summed E-state index contributed by atoms with van der Waals surface area (Å²) in [5.41, 5.74) is 22.0. The molecule has 0 spiro atoms. The van der Waals surface area contributed by atoms with Gasteiger partial charge in [0, 0.05) is 34.1 Å². The van der Waals surface area contributed by atoms with Crippen LogP contribution >= 0.6 is 0 Å². The molecule has 5 aromatic carbocycles. The van der Waals surface area contributed by atoms with Crippen LogP contribution in [0.1, 0.15) is 156 Å². The van der Waals surface area contributed by atoms with Gasteiger partial charge in [-0.1, -0.05) is 140 Å². The number of hydrogen-bond donors (Lipinski definition) is 0. The van der Waals surface area contributed by atoms with E-state index in [1.165, 1.54) is 96.7 Å². The predicted octanol–water partition coefficient (Wildman–Crippen LogP) is 13.1. The maximum absolute atomic E-state index is 2.66. The Hall–Kier alpha value is -4.24. The Kier molecular flexibility index (Phi) is 9.12. The van der Waals surface area contributed by atoms with Crippen molar-refractivity contribution in [2.75, 3.05) is 9.80 Å². The van der Waals surface area contributed by atoms with Gasteiger partial charge < -0.3 is 9.80 Å². The van der Waals surface area contributed by atoms with Crippen LogP contribution in [0.5, 0.6) is 0 Å². The van der Waals surface area contributed by atoms with E-state index in [-0.39, 0.29) is 33.8 Å². The molecule has 3 heteroatoms. The van der Waals surface area contributed by atoms with Gasteiger partial charge in [0.05, 0.1) is 0 Å². The average molecular weight is 755 g/mol. The number of aryl methyl sites for hydroxylation is 2. The van der Waals surface area contributed by atoms with Crippen LogP contribution in [-0.2, 0) is 39.9 Å². The van der Waals surface area contributed by atoms with Crippen molar-refractivity contribution in [3.05, 3.63) is 124 Å². The fourth-order valence-corrected chi connectivity index (χ4v) is 9.41. The van der Waals surface area contributed by atoms with E-state index in [9.17, 15) is 0 Å². The molecular weight excluding hydrogens is 687 g/mol. The third-order valence-corrected chi connectivity index (χ3v) is 13.1. The van der Waals surface area contributed by atoms with Gasteiger partial charge in [-0.15, -0.1) is 0 Å². The molecule has 0 fully saturated rings. The molecule has 0 amide bonds. The summed E-state index contributed by atoms with van der Waals surface area (Å²) in [5.74, 6) is 0. The Balaban J connectivity index is 1.50. The number of hydrogen-bond acceptors (Lipinski definition) is 2. The predicted molar refractivity (Wildman–Crippen MR) is 251 cm³/mol. The number of fused-ring (bicyclic) bond motifs is 5. The minimum absolute atomic E-state index is 0.00103. The van der Waals surface area contributed by atoms with Gasteiger partial charge in [0.15, 0.2) is 0 Å². The van der Waals surface area contributed by atoms with Gasteiger partial charge in [-0.2, -0.15) is 0 Å². The molecule has 0 aromatic heterocycles. The Bertz CT molecular complexity index is 2330. The van der Waals surface area contributed by atoms with Crippen LogP contribution in [0.25, 0.3) is 0 Å². The first-order chi connectivity index (χ1) is 26.4. The molecule has 0 N–H and O–H groups in total. The van der Waals surface area contributed by atoms with Crippen molar-refractivity contribution in [1.82, 2.24) is 0 Å². The van der Waals surface area contributed by atoms with Crippen LogP contribution < -0.4 is 26.2 Å². The lowest BCUT2D eigenvalue weighted by molar-refractivity contribution is 0.568. The second kappa shape index (κ2) is 13.1. The van der Waals surface area contributed by atoms with E-state index in [1.54, 1.807) is 5.56 Å². The van der Waals surface area contributed by atoms with Crippen LogP contribution in [0.4, 0.5) is 34.1 Å². The average Bonchev–Trinajstić information content (AvgIpc) is 3.11. The number of nitrogens with zero attached hydrogens (tertiary/aromatic N) is 2. The first-order valence-corrected chi connectivity index (χ1v) is 21.8.